The van der Waals surface area contributed by atoms with Crippen molar-refractivity contribution in [1.29, 1.82) is 0 Å². The summed E-state index contributed by atoms with van der Waals surface area (Å²) in [6.45, 7) is 6.27. The Balaban J connectivity index is 1.37. The van der Waals surface area contributed by atoms with Crippen molar-refractivity contribution in [3.63, 3.8) is 0 Å². The predicted molar refractivity (Wildman–Crippen MR) is 125 cm³/mol. The summed E-state index contributed by atoms with van der Waals surface area (Å²) < 4.78 is 0. The lowest BCUT2D eigenvalue weighted by molar-refractivity contribution is 0.0956. The summed E-state index contributed by atoms with van der Waals surface area (Å²) in [5.41, 5.74) is 3.12. The summed E-state index contributed by atoms with van der Waals surface area (Å²) in [6, 6.07) is 13.7. The largest absolute Gasteiger partial charge is 0.351 e. The Bertz CT molecular complexity index is 813. The fourth-order valence-corrected chi connectivity index (χ4v) is 4.73. The van der Waals surface area contributed by atoms with Gasteiger partial charge >= 0.3 is 0 Å². The van der Waals surface area contributed by atoms with E-state index >= 15 is 0 Å². The first-order valence-corrected chi connectivity index (χ1v) is 12.0. The van der Waals surface area contributed by atoms with Gasteiger partial charge in [0.25, 0.3) is 5.91 Å². The zero-order chi connectivity index (χ0) is 20.6. The highest BCUT2D eigenvalue weighted by Crippen LogP contribution is 2.24. The van der Waals surface area contributed by atoms with E-state index in [1.807, 2.05) is 30.3 Å². The molecule has 1 saturated heterocycles. The maximum Gasteiger partial charge on any atom is 0.251 e. The first-order chi connectivity index (χ1) is 14.0. The lowest BCUT2D eigenvalue weighted by atomic mass is 9.99. The standard InChI is InChI=1S/C23H28Cl2N2OS/c1-17-3-2-11-27(14-17)15-18-4-7-20(8-5-18)23(28)26-10-12-29-16-19-6-9-21(24)22(25)13-19/h4-9,13,17H,2-3,10-12,14-16H2,1H3,(H,26,28). The van der Waals surface area contributed by atoms with Crippen LogP contribution in [0.5, 0.6) is 0 Å². The molecule has 1 fully saturated rings. The summed E-state index contributed by atoms with van der Waals surface area (Å²) >= 11 is 13.7. The lowest BCUT2D eigenvalue weighted by Crippen LogP contribution is -2.33. The van der Waals surface area contributed by atoms with Crippen LogP contribution in [-0.4, -0.2) is 36.2 Å². The summed E-state index contributed by atoms with van der Waals surface area (Å²) in [7, 11) is 0. The van der Waals surface area contributed by atoms with Crippen molar-refractivity contribution in [2.45, 2.75) is 32.1 Å². The molecule has 1 atom stereocenters. The number of hydrogen-bond donors (Lipinski definition) is 1. The number of amides is 1. The molecule has 0 bridgehead atoms. The van der Waals surface area contributed by atoms with Crippen molar-refractivity contribution in [2.75, 3.05) is 25.4 Å². The second kappa shape index (κ2) is 11.3. The van der Waals surface area contributed by atoms with Crippen molar-refractivity contribution in [3.05, 3.63) is 69.2 Å². The van der Waals surface area contributed by atoms with E-state index in [2.05, 4.69) is 29.3 Å². The normalized spacial score (nSPS) is 17.3. The van der Waals surface area contributed by atoms with E-state index in [9.17, 15) is 4.79 Å². The van der Waals surface area contributed by atoms with Crippen LogP contribution in [0.1, 0.15) is 41.3 Å². The summed E-state index contributed by atoms with van der Waals surface area (Å²) in [5.74, 6) is 2.45. The first kappa shape index (κ1) is 22.5. The van der Waals surface area contributed by atoms with Gasteiger partial charge in [-0.2, -0.15) is 11.8 Å². The van der Waals surface area contributed by atoms with E-state index in [0.717, 1.165) is 35.1 Å². The Morgan fingerprint density at radius 2 is 1.90 bits per heavy atom. The van der Waals surface area contributed by atoms with Crippen molar-refractivity contribution in [3.8, 4) is 0 Å². The molecule has 0 spiro atoms. The number of piperidine rings is 1. The third kappa shape index (κ3) is 7.21. The zero-order valence-corrected chi connectivity index (χ0v) is 19.1. The van der Waals surface area contributed by atoms with Crippen LogP contribution in [-0.2, 0) is 12.3 Å². The molecule has 3 rings (SSSR count). The van der Waals surface area contributed by atoms with Crippen LogP contribution >= 0.6 is 35.0 Å². The Labute approximate surface area is 188 Å². The molecular formula is C23H28Cl2N2OS. The van der Waals surface area contributed by atoms with E-state index < -0.39 is 0 Å². The minimum absolute atomic E-state index is 0.0155. The Morgan fingerprint density at radius 1 is 1.14 bits per heavy atom. The van der Waals surface area contributed by atoms with E-state index in [1.165, 1.54) is 31.5 Å². The van der Waals surface area contributed by atoms with Crippen LogP contribution in [0.4, 0.5) is 0 Å². The average Bonchev–Trinajstić information content (AvgIpc) is 2.71. The fraction of sp³-hybridized carbons (Fsp3) is 0.435. The molecular weight excluding hydrogens is 423 g/mol. The SMILES string of the molecule is CC1CCCN(Cc2ccc(C(=O)NCCSCc3ccc(Cl)c(Cl)c3)cc2)C1. The second-order valence-electron chi connectivity index (χ2n) is 7.74. The number of nitrogens with zero attached hydrogens (tertiary/aromatic N) is 1. The molecule has 0 saturated carbocycles. The highest BCUT2D eigenvalue weighted by atomic mass is 35.5. The summed E-state index contributed by atoms with van der Waals surface area (Å²) in [4.78, 5) is 14.8. The first-order valence-electron chi connectivity index (χ1n) is 10.1. The molecule has 3 nitrogen and oxygen atoms in total. The van der Waals surface area contributed by atoms with Crippen molar-refractivity contribution in [2.24, 2.45) is 5.92 Å². The molecule has 0 radical (unpaired) electrons. The van der Waals surface area contributed by atoms with Gasteiger partial charge in [-0.1, -0.05) is 48.3 Å². The molecule has 0 aliphatic carbocycles. The van der Waals surface area contributed by atoms with Gasteiger partial charge < -0.3 is 5.32 Å². The smallest absolute Gasteiger partial charge is 0.251 e. The maximum atomic E-state index is 12.3. The fourth-order valence-electron chi connectivity index (χ4n) is 3.61. The zero-order valence-electron chi connectivity index (χ0n) is 16.8. The predicted octanol–water partition coefficient (Wildman–Crippen LogP) is 5.89. The molecule has 1 amide bonds. The number of halogens is 2. The minimum atomic E-state index is -0.0155. The van der Waals surface area contributed by atoms with E-state index in [0.29, 0.717) is 16.6 Å². The number of rotatable bonds is 8. The van der Waals surface area contributed by atoms with Crippen LogP contribution in [0, 0.1) is 5.92 Å². The number of nitrogens with one attached hydrogen (secondary N) is 1. The van der Waals surface area contributed by atoms with E-state index in [-0.39, 0.29) is 5.91 Å². The second-order valence-corrected chi connectivity index (χ2v) is 9.66. The molecule has 29 heavy (non-hydrogen) atoms. The van der Waals surface area contributed by atoms with Gasteiger partial charge in [0.05, 0.1) is 10.0 Å². The van der Waals surface area contributed by atoms with Gasteiger partial charge in [0.15, 0.2) is 0 Å². The van der Waals surface area contributed by atoms with Crippen molar-refractivity contribution < 1.29 is 4.79 Å². The van der Waals surface area contributed by atoms with Gasteiger partial charge in [0.1, 0.15) is 0 Å². The third-order valence-electron chi connectivity index (χ3n) is 5.15. The van der Waals surface area contributed by atoms with E-state index in [4.69, 9.17) is 23.2 Å². The van der Waals surface area contributed by atoms with Gasteiger partial charge in [-0.15, -0.1) is 0 Å². The van der Waals surface area contributed by atoms with Crippen LogP contribution < -0.4 is 5.32 Å². The average molecular weight is 451 g/mol. The topological polar surface area (TPSA) is 32.3 Å². The number of hydrogen-bond acceptors (Lipinski definition) is 3. The van der Waals surface area contributed by atoms with Gasteiger partial charge in [0.2, 0.25) is 0 Å². The monoisotopic (exact) mass is 450 g/mol. The Hall–Kier alpha value is -1.20. The molecule has 1 heterocycles. The van der Waals surface area contributed by atoms with Crippen molar-refractivity contribution in [1.82, 2.24) is 10.2 Å². The molecule has 2 aromatic rings. The highest BCUT2D eigenvalue weighted by Gasteiger charge is 2.16. The Morgan fingerprint density at radius 3 is 2.62 bits per heavy atom. The van der Waals surface area contributed by atoms with Crippen molar-refractivity contribution >= 4 is 40.9 Å². The number of thioether (sulfide) groups is 1. The molecule has 6 heteroatoms. The Kier molecular flexibility index (Phi) is 8.73. The third-order valence-corrected chi connectivity index (χ3v) is 6.92. The summed E-state index contributed by atoms with van der Waals surface area (Å²) in [6.07, 6.45) is 2.62. The number of carbonyl (C=O) groups excluding carboxylic acids is 1. The molecule has 0 aromatic heterocycles. The van der Waals surface area contributed by atoms with E-state index in [1.54, 1.807) is 11.8 Å². The molecule has 1 N–H and O–H groups in total. The number of benzene rings is 2. The molecule has 1 unspecified atom stereocenters. The van der Waals surface area contributed by atoms with Crippen LogP contribution in [0.2, 0.25) is 10.0 Å². The number of carbonyl (C=O) groups is 1. The maximum absolute atomic E-state index is 12.3. The molecule has 156 valence electrons. The van der Waals surface area contributed by atoms with Crippen LogP contribution in [0.3, 0.4) is 0 Å². The van der Waals surface area contributed by atoms with Gasteiger partial charge in [-0.25, -0.2) is 0 Å². The van der Waals surface area contributed by atoms with Gasteiger partial charge in [-0.3, -0.25) is 9.69 Å². The quantitative estimate of drug-likeness (QED) is 0.508. The number of likely N-dealkylation sites (tertiary alicyclic amines) is 1. The molecule has 2 aromatic carbocycles. The minimum Gasteiger partial charge on any atom is -0.351 e. The molecule has 1 aliphatic heterocycles. The van der Waals surface area contributed by atoms with Gasteiger partial charge in [-0.05, 0) is 60.7 Å². The highest BCUT2D eigenvalue weighted by molar-refractivity contribution is 7.98. The summed E-state index contributed by atoms with van der Waals surface area (Å²) in [5, 5.41) is 4.15. The van der Waals surface area contributed by atoms with Crippen LogP contribution in [0.25, 0.3) is 0 Å². The lowest BCUT2D eigenvalue weighted by Gasteiger charge is -2.30. The molecule has 1 aliphatic rings. The van der Waals surface area contributed by atoms with Crippen LogP contribution in [0.15, 0.2) is 42.5 Å². The van der Waals surface area contributed by atoms with Gasteiger partial charge in [0, 0.05) is 36.7 Å².